The van der Waals surface area contributed by atoms with Gasteiger partial charge < -0.3 is 5.32 Å². The highest BCUT2D eigenvalue weighted by Gasteiger charge is 2.24. The third-order valence-electron chi connectivity index (χ3n) is 4.78. The molecular formula is C19H28N2. The molecule has 0 unspecified atom stereocenters. The summed E-state index contributed by atoms with van der Waals surface area (Å²) in [4.78, 5) is 0. The fraction of sp³-hybridized carbons (Fsp3) is 0.632. The van der Waals surface area contributed by atoms with E-state index >= 15 is 0 Å². The first-order valence-corrected chi connectivity index (χ1v) is 8.26. The molecule has 0 spiro atoms. The van der Waals surface area contributed by atoms with E-state index in [4.69, 9.17) is 5.26 Å². The van der Waals surface area contributed by atoms with E-state index in [9.17, 15) is 0 Å². The highest BCUT2D eigenvalue weighted by atomic mass is 14.9. The molecule has 0 atom stereocenters. The van der Waals surface area contributed by atoms with Gasteiger partial charge in [-0.25, -0.2) is 0 Å². The van der Waals surface area contributed by atoms with Gasteiger partial charge in [0, 0.05) is 19.0 Å². The Morgan fingerprint density at radius 2 is 1.81 bits per heavy atom. The maximum absolute atomic E-state index is 8.71. The van der Waals surface area contributed by atoms with Crippen LogP contribution in [-0.4, -0.2) is 12.6 Å². The minimum atomic E-state index is 0.228. The third-order valence-corrected chi connectivity index (χ3v) is 4.78. The highest BCUT2D eigenvalue weighted by molar-refractivity contribution is 5.20. The van der Waals surface area contributed by atoms with E-state index in [2.05, 4.69) is 55.6 Å². The molecule has 2 rings (SSSR count). The number of nitriles is 1. The molecular weight excluding hydrogens is 256 g/mol. The molecule has 2 heteroatoms. The first kappa shape index (κ1) is 16.0. The Bertz CT molecular complexity index is 450. The van der Waals surface area contributed by atoms with Crippen molar-refractivity contribution in [1.29, 1.82) is 5.26 Å². The van der Waals surface area contributed by atoms with Gasteiger partial charge in [0.1, 0.15) is 0 Å². The van der Waals surface area contributed by atoms with Crippen LogP contribution in [0.4, 0.5) is 0 Å². The molecule has 1 aromatic carbocycles. The molecule has 1 saturated carbocycles. The predicted octanol–water partition coefficient (Wildman–Crippen LogP) is 4.63. The first-order valence-electron chi connectivity index (χ1n) is 8.26. The summed E-state index contributed by atoms with van der Waals surface area (Å²) in [5.74, 6) is 0.746. The molecule has 1 aliphatic carbocycles. The number of hydrogen-bond acceptors (Lipinski definition) is 2. The standard InChI is InChI=1S/C19H28N2/c1-19(2,13-6-14-20)15-21-18-11-9-17(10-12-18)16-7-4-3-5-8-16/h3-5,7-8,17-18,21H,6,9-13,15H2,1-2H3. The maximum Gasteiger partial charge on any atom is 0.0621 e. The summed E-state index contributed by atoms with van der Waals surface area (Å²) in [6.07, 6.45) is 6.77. The van der Waals surface area contributed by atoms with Crippen LogP contribution >= 0.6 is 0 Å². The van der Waals surface area contributed by atoms with Gasteiger partial charge in [0.25, 0.3) is 0 Å². The zero-order chi connectivity index (χ0) is 15.1. The lowest BCUT2D eigenvalue weighted by atomic mass is 9.81. The van der Waals surface area contributed by atoms with Crippen molar-refractivity contribution in [2.24, 2.45) is 5.41 Å². The minimum Gasteiger partial charge on any atom is -0.313 e. The number of benzene rings is 1. The monoisotopic (exact) mass is 284 g/mol. The van der Waals surface area contributed by atoms with Crippen molar-refractivity contribution in [2.45, 2.75) is 64.3 Å². The highest BCUT2D eigenvalue weighted by Crippen LogP contribution is 2.33. The summed E-state index contributed by atoms with van der Waals surface area (Å²) < 4.78 is 0. The summed E-state index contributed by atoms with van der Waals surface area (Å²) in [5, 5.41) is 12.4. The van der Waals surface area contributed by atoms with Crippen LogP contribution in [-0.2, 0) is 0 Å². The summed E-state index contributed by atoms with van der Waals surface area (Å²) in [5.41, 5.74) is 1.73. The van der Waals surface area contributed by atoms with Gasteiger partial charge in [0.2, 0.25) is 0 Å². The molecule has 1 aliphatic rings. The number of hydrogen-bond donors (Lipinski definition) is 1. The van der Waals surface area contributed by atoms with E-state index < -0.39 is 0 Å². The van der Waals surface area contributed by atoms with E-state index in [1.807, 2.05) is 0 Å². The normalized spacial score (nSPS) is 22.7. The van der Waals surface area contributed by atoms with Gasteiger partial charge in [-0.15, -0.1) is 0 Å². The van der Waals surface area contributed by atoms with Crippen molar-refractivity contribution in [2.75, 3.05) is 6.54 Å². The van der Waals surface area contributed by atoms with Crippen LogP contribution in [0.25, 0.3) is 0 Å². The predicted molar refractivity (Wildman–Crippen MR) is 88.1 cm³/mol. The summed E-state index contributed by atoms with van der Waals surface area (Å²) in [6, 6.07) is 13.8. The molecule has 1 fully saturated rings. The Morgan fingerprint density at radius 1 is 1.14 bits per heavy atom. The van der Waals surface area contributed by atoms with Crippen molar-refractivity contribution in [3.63, 3.8) is 0 Å². The van der Waals surface area contributed by atoms with E-state index in [1.165, 1.54) is 31.2 Å². The number of nitrogens with zero attached hydrogens (tertiary/aromatic N) is 1. The Labute approximate surface area is 129 Å². The van der Waals surface area contributed by atoms with Crippen LogP contribution in [0, 0.1) is 16.7 Å². The number of nitrogens with one attached hydrogen (secondary N) is 1. The molecule has 0 radical (unpaired) electrons. The van der Waals surface area contributed by atoms with E-state index in [0.717, 1.165) is 18.9 Å². The molecule has 1 N–H and O–H groups in total. The topological polar surface area (TPSA) is 35.8 Å². The molecule has 21 heavy (non-hydrogen) atoms. The van der Waals surface area contributed by atoms with Gasteiger partial charge in [-0.1, -0.05) is 44.2 Å². The third kappa shape index (κ3) is 5.17. The Morgan fingerprint density at radius 3 is 2.43 bits per heavy atom. The van der Waals surface area contributed by atoms with Gasteiger partial charge in [-0.2, -0.15) is 5.26 Å². The zero-order valence-corrected chi connectivity index (χ0v) is 13.4. The van der Waals surface area contributed by atoms with Gasteiger partial charge >= 0.3 is 0 Å². The van der Waals surface area contributed by atoms with E-state index in [0.29, 0.717) is 12.5 Å². The van der Waals surface area contributed by atoms with Crippen molar-refractivity contribution in [1.82, 2.24) is 5.32 Å². The molecule has 0 aliphatic heterocycles. The maximum atomic E-state index is 8.71. The Balaban J connectivity index is 1.73. The van der Waals surface area contributed by atoms with Crippen LogP contribution in [0.2, 0.25) is 0 Å². The summed E-state index contributed by atoms with van der Waals surface area (Å²) in [6.45, 7) is 5.54. The van der Waals surface area contributed by atoms with Crippen LogP contribution in [0.15, 0.2) is 30.3 Å². The quantitative estimate of drug-likeness (QED) is 0.826. The van der Waals surface area contributed by atoms with Crippen LogP contribution in [0.5, 0.6) is 0 Å². The second-order valence-electron chi connectivity index (χ2n) is 7.16. The smallest absolute Gasteiger partial charge is 0.0621 e. The fourth-order valence-corrected chi connectivity index (χ4v) is 3.26. The fourth-order valence-electron chi connectivity index (χ4n) is 3.26. The minimum absolute atomic E-state index is 0.228. The van der Waals surface area contributed by atoms with Crippen LogP contribution in [0.1, 0.15) is 63.9 Å². The molecule has 0 bridgehead atoms. The van der Waals surface area contributed by atoms with Gasteiger partial charge in [-0.3, -0.25) is 0 Å². The second kappa shape index (κ2) is 7.61. The molecule has 1 aromatic rings. The van der Waals surface area contributed by atoms with Crippen LogP contribution < -0.4 is 5.32 Å². The summed E-state index contributed by atoms with van der Waals surface area (Å²) in [7, 11) is 0. The SMILES string of the molecule is CC(C)(CCC#N)CNC1CCC(c2ccccc2)CC1. The van der Waals surface area contributed by atoms with Crippen molar-refractivity contribution >= 4 is 0 Å². The lowest BCUT2D eigenvalue weighted by molar-refractivity contribution is 0.267. The average Bonchev–Trinajstić information content (AvgIpc) is 2.53. The van der Waals surface area contributed by atoms with Crippen molar-refractivity contribution in [3.8, 4) is 6.07 Å². The molecule has 114 valence electrons. The number of rotatable bonds is 6. The molecule has 0 heterocycles. The second-order valence-corrected chi connectivity index (χ2v) is 7.16. The van der Waals surface area contributed by atoms with Gasteiger partial charge in [0.15, 0.2) is 0 Å². The lowest BCUT2D eigenvalue weighted by Crippen LogP contribution is -2.39. The lowest BCUT2D eigenvalue weighted by Gasteiger charge is -2.32. The molecule has 0 saturated heterocycles. The Kier molecular flexibility index (Phi) is 5.82. The van der Waals surface area contributed by atoms with E-state index in [1.54, 1.807) is 0 Å². The van der Waals surface area contributed by atoms with Crippen molar-refractivity contribution in [3.05, 3.63) is 35.9 Å². The van der Waals surface area contributed by atoms with Gasteiger partial charge in [0.05, 0.1) is 6.07 Å². The van der Waals surface area contributed by atoms with Gasteiger partial charge in [-0.05, 0) is 49.0 Å². The zero-order valence-electron chi connectivity index (χ0n) is 13.4. The van der Waals surface area contributed by atoms with Crippen molar-refractivity contribution < 1.29 is 0 Å². The molecule has 0 amide bonds. The van der Waals surface area contributed by atoms with Crippen LogP contribution in [0.3, 0.4) is 0 Å². The van der Waals surface area contributed by atoms with E-state index in [-0.39, 0.29) is 5.41 Å². The Hall–Kier alpha value is -1.33. The average molecular weight is 284 g/mol. The largest absolute Gasteiger partial charge is 0.313 e. The molecule has 0 aromatic heterocycles. The first-order chi connectivity index (χ1) is 10.1. The molecule has 2 nitrogen and oxygen atoms in total. The summed E-state index contributed by atoms with van der Waals surface area (Å²) >= 11 is 0.